The van der Waals surface area contributed by atoms with Gasteiger partial charge in [-0.3, -0.25) is 0 Å². The molecule has 1 aliphatic carbocycles. The summed E-state index contributed by atoms with van der Waals surface area (Å²) in [6, 6.07) is 10.1. The molecule has 1 saturated carbocycles. The van der Waals surface area contributed by atoms with Crippen LogP contribution >= 0.6 is 0 Å². The summed E-state index contributed by atoms with van der Waals surface area (Å²) in [6.45, 7) is 0. The molecule has 0 saturated heterocycles. The molecule has 1 aromatic heterocycles. The van der Waals surface area contributed by atoms with Gasteiger partial charge in [-0.2, -0.15) is 0 Å². The molecule has 1 heterocycles. The average molecular weight is 229 g/mol. The molecule has 4 heteroatoms. The highest BCUT2D eigenvalue weighted by atomic mass is 16.4. The van der Waals surface area contributed by atoms with Crippen LogP contribution in [0.2, 0.25) is 0 Å². The second-order valence-corrected chi connectivity index (χ2v) is 4.23. The van der Waals surface area contributed by atoms with Crippen LogP contribution in [-0.2, 0) is 0 Å². The van der Waals surface area contributed by atoms with Crippen molar-refractivity contribution in [3.05, 3.63) is 53.7 Å². The van der Waals surface area contributed by atoms with Gasteiger partial charge in [0, 0.05) is 5.92 Å². The lowest BCUT2D eigenvalue weighted by Crippen LogP contribution is -2.00. The highest BCUT2D eigenvalue weighted by molar-refractivity contribution is 5.86. The Bertz CT molecular complexity index is 547. The van der Waals surface area contributed by atoms with E-state index < -0.39 is 5.97 Å². The van der Waals surface area contributed by atoms with Crippen LogP contribution in [0.3, 0.4) is 0 Å². The fraction of sp³-hybridized carbons (Fsp3) is 0.231. The number of aromatic carboxylic acids is 1. The van der Waals surface area contributed by atoms with E-state index in [1.54, 1.807) is 0 Å². The van der Waals surface area contributed by atoms with Crippen molar-refractivity contribution in [2.45, 2.75) is 18.3 Å². The molecule has 0 amide bonds. The Morgan fingerprint density at radius 3 is 2.76 bits per heavy atom. The van der Waals surface area contributed by atoms with Gasteiger partial charge in [0.25, 0.3) is 0 Å². The molecule has 0 radical (unpaired) electrons. The molecule has 1 aliphatic rings. The molecule has 2 unspecified atom stereocenters. The number of rotatable bonds is 3. The number of nitrogens with zero attached hydrogens (tertiary/aromatic N) is 1. The highest BCUT2D eigenvalue weighted by Crippen LogP contribution is 2.55. The van der Waals surface area contributed by atoms with E-state index >= 15 is 0 Å². The molecule has 3 rings (SSSR count). The van der Waals surface area contributed by atoms with E-state index in [4.69, 9.17) is 9.52 Å². The lowest BCUT2D eigenvalue weighted by Gasteiger charge is -1.98. The van der Waals surface area contributed by atoms with Gasteiger partial charge in [0.1, 0.15) is 5.76 Å². The standard InChI is InChI=1S/C13H11NO3/c15-13(16)11-12(17-7-14-11)10-6-9(10)8-4-2-1-3-5-8/h1-5,7,9-10H,6H2,(H,15,16). The van der Waals surface area contributed by atoms with Gasteiger partial charge in [-0.25, -0.2) is 9.78 Å². The summed E-state index contributed by atoms with van der Waals surface area (Å²) in [7, 11) is 0. The Labute approximate surface area is 97.9 Å². The normalized spacial score (nSPS) is 22.4. The minimum Gasteiger partial charge on any atom is -0.476 e. The van der Waals surface area contributed by atoms with E-state index in [1.165, 1.54) is 12.0 Å². The summed E-state index contributed by atoms with van der Waals surface area (Å²) in [4.78, 5) is 14.7. The summed E-state index contributed by atoms with van der Waals surface area (Å²) >= 11 is 0. The smallest absolute Gasteiger partial charge is 0.358 e. The second kappa shape index (κ2) is 3.73. The molecule has 0 bridgehead atoms. The first-order valence-electron chi connectivity index (χ1n) is 5.49. The Hall–Kier alpha value is -2.10. The third-order valence-corrected chi connectivity index (χ3v) is 3.15. The molecule has 1 fully saturated rings. The first-order chi connectivity index (χ1) is 8.27. The quantitative estimate of drug-likeness (QED) is 0.878. The van der Waals surface area contributed by atoms with Crippen LogP contribution < -0.4 is 0 Å². The van der Waals surface area contributed by atoms with Crippen molar-refractivity contribution >= 4 is 5.97 Å². The number of hydrogen-bond acceptors (Lipinski definition) is 3. The number of carbonyl (C=O) groups is 1. The van der Waals surface area contributed by atoms with Crippen LogP contribution in [0.5, 0.6) is 0 Å². The second-order valence-electron chi connectivity index (χ2n) is 4.23. The van der Waals surface area contributed by atoms with Crippen molar-refractivity contribution < 1.29 is 14.3 Å². The molecule has 2 aromatic rings. The molecule has 86 valence electrons. The molecule has 4 nitrogen and oxygen atoms in total. The molecular formula is C13H11NO3. The average Bonchev–Trinajstić information content (AvgIpc) is 2.99. The predicted molar refractivity (Wildman–Crippen MR) is 60.0 cm³/mol. The van der Waals surface area contributed by atoms with E-state index in [0.717, 1.165) is 6.42 Å². The van der Waals surface area contributed by atoms with Gasteiger partial charge in [0.15, 0.2) is 12.1 Å². The van der Waals surface area contributed by atoms with Gasteiger partial charge in [0.2, 0.25) is 0 Å². The number of aromatic nitrogens is 1. The Morgan fingerprint density at radius 1 is 1.29 bits per heavy atom. The third kappa shape index (κ3) is 1.71. The van der Waals surface area contributed by atoms with Crippen LogP contribution in [0.15, 0.2) is 41.1 Å². The highest BCUT2D eigenvalue weighted by Gasteiger charge is 2.44. The van der Waals surface area contributed by atoms with Crippen molar-refractivity contribution in [1.82, 2.24) is 4.98 Å². The van der Waals surface area contributed by atoms with Crippen LogP contribution in [0.25, 0.3) is 0 Å². The number of hydrogen-bond donors (Lipinski definition) is 1. The fourth-order valence-corrected chi connectivity index (χ4v) is 2.23. The zero-order chi connectivity index (χ0) is 11.8. The van der Waals surface area contributed by atoms with E-state index in [2.05, 4.69) is 17.1 Å². The molecule has 0 spiro atoms. The van der Waals surface area contributed by atoms with E-state index in [-0.39, 0.29) is 11.6 Å². The van der Waals surface area contributed by atoms with Gasteiger partial charge in [-0.05, 0) is 17.9 Å². The number of carboxylic acids is 1. The van der Waals surface area contributed by atoms with Gasteiger partial charge in [-0.15, -0.1) is 0 Å². The minimum atomic E-state index is -1.02. The van der Waals surface area contributed by atoms with E-state index in [1.807, 2.05) is 18.2 Å². The maximum Gasteiger partial charge on any atom is 0.358 e. The zero-order valence-corrected chi connectivity index (χ0v) is 9.04. The fourth-order valence-electron chi connectivity index (χ4n) is 2.23. The molecule has 0 aliphatic heterocycles. The summed E-state index contributed by atoms with van der Waals surface area (Å²) in [5.74, 6) is 0.00654. The van der Waals surface area contributed by atoms with Gasteiger partial charge in [0.05, 0.1) is 0 Å². The number of carboxylic acid groups (broad SMARTS) is 1. The predicted octanol–water partition coefficient (Wildman–Crippen LogP) is 2.64. The van der Waals surface area contributed by atoms with Gasteiger partial charge in [-0.1, -0.05) is 30.3 Å². The van der Waals surface area contributed by atoms with Crippen LogP contribution in [0.4, 0.5) is 0 Å². The topological polar surface area (TPSA) is 63.3 Å². The summed E-state index contributed by atoms with van der Waals surface area (Å²) < 4.78 is 5.21. The Morgan fingerprint density at radius 2 is 2.06 bits per heavy atom. The van der Waals surface area contributed by atoms with Crippen molar-refractivity contribution in [2.75, 3.05) is 0 Å². The number of benzene rings is 1. The maximum atomic E-state index is 10.9. The van der Waals surface area contributed by atoms with Crippen molar-refractivity contribution in [1.29, 1.82) is 0 Å². The molecule has 17 heavy (non-hydrogen) atoms. The molecule has 1 aromatic carbocycles. The molecule has 2 atom stereocenters. The minimum absolute atomic E-state index is 0.0495. The van der Waals surface area contributed by atoms with E-state index in [9.17, 15) is 4.79 Å². The van der Waals surface area contributed by atoms with Gasteiger partial charge >= 0.3 is 5.97 Å². The first kappa shape index (κ1) is 10.1. The monoisotopic (exact) mass is 229 g/mol. The van der Waals surface area contributed by atoms with Crippen LogP contribution in [-0.4, -0.2) is 16.1 Å². The molecule has 1 N–H and O–H groups in total. The summed E-state index contributed by atoms with van der Waals surface area (Å²) in [5.41, 5.74) is 1.28. The molecular weight excluding hydrogens is 218 g/mol. The van der Waals surface area contributed by atoms with Crippen molar-refractivity contribution in [2.24, 2.45) is 0 Å². The number of oxazole rings is 1. The largest absolute Gasteiger partial charge is 0.476 e. The van der Waals surface area contributed by atoms with Crippen molar-refractivity contribution in [3.8, 4) is 0 Å². The lowest BCUT2D eigenvalue weighted by molar-refractivity contribution is 0.0688. The van der Waals surface area contributed by atoms with Crippen LogP contribution in [0.1, 0.15) is 40.1 Å². The van der Waals surface area contributed by atoms with Gasteiger partial charge < -0.3 is 9.52 Å². The Kier molecular flexibility index (Phi) is 2.21. The maximum absolute atomic E-state index is 10.9. The SMILES string of the molecule is O=C(O)c1ncoc1C1CC1c1ccccc1. The third-order valence-electron chi connectivity index (χ3n) is 3.15. The van der Waals surface area contributed by atoms with Crippen molar-refractivity contribution in [3.63, 3.8) is 0 Å². The van der Waals surface area contributed by atoms with E-state index in [0.29, 0.717) is 11.7 Å². The lowest BCUT2D eigenvalue weighted by atomic mass is 10.1. The summed E-state index contributed by atoms with van der Waals surface area (Å²) in [6.07, 6.45) is 2.14. The van der Waals surface area contributed by atoms with Crippen LogP contribution in [0, 0.1) is 0 Å². The summed E-state index contributed by atoms with van der Waals surface area (Å²) in [5, 5.41) is 8.97. The zero-order valence-electron chi connectivity index (χ0n) is 9.04. The Balaban J connectivity index is 1.85. The first-order valence-corrected chi connectivity index (χ1v) is 5.49.